The van der Waals surface area contributed by atoms with E-state index in [4.69, 9.17) is 4.74 Å². The topological polar surface area (TPSA) is 55.4 Å². The molecule has 4 nitrogen and oxygen atoms in total. The van der Waals surface area contributed by atoms with E-state index in [0.29, 0.717) is 6.61 Å². The van der Waals surface area contributed by atoms with Crippen LogP contribution in [0.25, 0.3) is 0 Å². The molecule has 1 N–H and O–H groups in total. The van der Waals surface area contributed by atoms with Gasteiger partial charge in [-0.05, 0) is 24.1 Å². The van der Waals surface area contributed by atoms with Crippen molar-refractivity contribution in [2.75, 3.05) is 13.2 Å². The minimum Gasteiger partial charge on any atom is -0.465 e. The van der Waals surface area contributed by atoms with Crippen molar-refractivity contribution in [1.82, 2.24) is 5.32 Å². The molecule has 1 heterocycles. The van der Waals surface area contributed by atoms with Crippen LogP contribution in [-0.2, 0) is 14.3 Å². The van der Waals surface area contributed by atoms with Gasteiger partial charge in [-0.3, -0.25) is 9.59 Å². The number of benzene rings is 1. The number of rotatable bonds is 4. The number of carbonyl (C=O) groups excluding carboxylic acids is 2. The highest BCUT2D eigenvalue weighted by molar-refractivity contribution is 5.83. The first-order chi connectivity index (χ1) is 9.61. The molecule has 0 spiro atoms. The minimum absolute atomic E-state index is 0.0983. The number of esters is 1. The van der Waals surface area contributed by atoms with E-state index in [2.05, 4.69) is 5.32 Å². The second kappa shape index (κ2) is 6.50. The number of hydrogen-bond acceptors (Lipinski definition) is 3. The van der Waals surface area contributed by atoms with Crippen molar-refractivity contribution in [3.8, 4) is 0 Å². The number of hydrogen-bond donors (Lipinski definition) is 1. The maximum atomic E-state index is 13.0. The molecule has 0 bridgehead atoms. The molecule has 20 heavy (non-hydrogen) atoms. The molecule has 0 aromatic heterocycles. The van der Waals surface area contributed by atoms with E-state index in [0.717, 1.165) is 12.0 Å². The molecule has 1 aromatic carbocycles. The van der Waals surface area contributed by atoms with Gasteiger partial charge in [-0.1, -0.05) is 19.1 Å². The first-order valence-electron chi connectivity index (χ1n) is 6.80. The van der Waals surface area contributed by atoms with Crippen LogP contribution >= 0.6 is 0 Å². The largest absolute Gasteiger partial charge is 0.465 e. The van der Waals surface area contributed by atoms with Crippen LogP contribution in [0.5, 0.6) is 0 Å². The normalized spacial score (nSPS) is 22.2. The van der Waals surface area contributed by atoms with Crippen molar-refractivity contribution < 1.29 is 18.7 Å². The lowest BCUT2D eigenvalue weighted by atomic mass is 9.81. The quantitative estimate of drug-likeness (QED) is 0.858. The van der Waals surface area contributed by atoms with Crippen molar-refractivity contribution in [2.24, 2.45) is 5.92 Å². The van der Waals surface area contributed by atoms with Crippen LogP contribution in [0.3, 0.4) is 0 Å². The Labute approximate surface area is 117 Å². The van der Waals surface area contributed by atoms with Crippen LogP contribution < -0.4 is 5.32 Å². The van der Waals surface area contributed by atoms with Gasteiger partial charge in [-0.15, -0.1) is 0 Å². The molecule has 1 aliphatic heterocycles. The molecule has 108 valence electrons. The van der Waals surface area contributed by atoms with E-state index in [1.54, 1.807) is 12.1 Å². The second-order valence-electron chi connectivity index (χ2n) is 4.94. The van der Waals surface area contributed by atoms with E-state index in [1.807, 2.05) is 6.92 Å². The third kappa shape index (κ3) is 3.35. The zero-order valence-corrected chi connectivity index (χ0v) is 11.4. The molecule has 0 saturated carbocycles. The molecule has 2 rings (SSSR count). The molecule has 1 fully saturated rings. The number of amides is 1. The highest BCUT2D eigenvalue weighted by Gasteiger charge is 2.36. The lowest BCUT2D eigenvalue weighted by Gasteiger charge is -2.30. The average Bonchev–Trinajstić information content (AvgIpc) is 2.45. The van der Waals surface area contributed by atoms with Gasteiger partial charge >= 0.3 is 5.97 Å². The van der Waals surface area contributed by atoms with Gasteiger partial charge in [0.2, 0.25) is 5.91 Å². The van der Waals surface area contributed by atoms with Gasteiger partial charge in [-0.2, -0.15) is 0 Å². The van der Waals surface area contributed by atoms with Crippen molar-refractivity contribution in [2.45, 2.75) is 25.7 Å². The fraction of sp³-hybridized carbons (Fsp3) is 0.467. The molecule has 1 aromatic rings. The smallest absolute Gasteiger partial charge is 0.311 e. The summed E-state index contributed by atoms with van der Waals surface area (Å²) in [5.41, 5.74) is 0.791. The van der Waals surface area contributed by atoms with E-state index >= 15 is 0 Å². The molecule has 0 aliphatic carbocycles. The van der Waals surface area contributed by atoms with Gasteiger partial charge in [0.1, 0.15) is 5.82 Å². The Morgan fingerprint density at radius 1 is 1.40 bits per heavy atom. The summed E-state index contributed by atoms with van der Waals surface area (Å²) in [5, 5.41) is 2.69. The number of carbonyl (C=O) groups is 2. The van der Waals surface area contributed by atoms with Gasteiger partial charge in [0.25, 0.3) is 0 Å². The molecule has 5 heteroatoms. The number of halogens is 1. The van der Waals surface area contributed by atoms with Crippen LogP contribution in [-0.4, -0.2) is 25.0 Å². The molecule has 0 unspecified atom stereocenters. The lowest BCUT2D eigenvalue weighted by molar-refractivity contribution is -0.150. The van der Waals surface area contributed by atoms with Crippen molar-refractivity contribution >= 4 is 11.9 Å². The standard InChI is InChI=1S/C15H18FNO3/c1-2-7-20-15(19)13-9-17-14(18)8-12(13)10-3-5-11(16)6-4-10/h3-6,12-13H,2,7-9H2,1H3,(H,17,18)/t12-,13-/m0/s1. The zero-order valence-electron chi connectivity index (χ0n) is 11.4. The third-order valence-electron chi connectivity index (χ3n) is 3.46. The average molecular weight is 279 g/mol. The van der Waals surface area contributed by atoms with Crippen molar-refractivity contribution in [3.63, 3.8) is 0 Å². The fourth-order valence-electron chi connectivity index (χ4n) is 2.40. The first-order valence-corrected chi connectivity index (χ1v) is 6.80. The Balaban J connectivity index is 2.17. The monoisotopic (exact) mass is 279 g/mol. The predicted molar refractivity (Wildman–Crippen MR) is 71.5 cm³/mol. The summed E-state index contributed by atoms with van der Waals surface area (Å²) in [6, 6.07) is 5.93. The van der Waals surface area contributed by atoms with Crippen LogP contribution in [0.1, 0.15) is 31.2 Å². The summed E-state index contributed by atoms with van der Waals surface area (Å²) in [4.78, 5) is 23.6. The van der Waals surface area contributed by atoms with Crippen molar-refractivity contribution in [3.05, 3.63) is 35.6 Å². The highest BCUT2D eigenvalue weighted by Crippen LogP contribution is 2.31. The Bertz CT molecular complexity index is 486. The van der Waals surface area contributed by atoms with Gasteiger partial charge in [-0.25, -0.2) is 4.39 Å². The van der Waals surface area contributed by atoms with Crippen LogP contribution in [0.4, 0.5) is 4.39 Å². The zero-order chi connectivity index (χ0) is 14.5. The van der Waals surface area contributed by atoms with Gasteiger partial charge in [0.15, 0.2) is 0 Å². The summed E-state index contributed by atoms with van der Waals surface area (Å²) in [6.07, 6.45) is 0.976. The Morgan fingerprint density at radius 2 is 2.10 bits per heavy atom. The molecule has 0 radical (unpaired) electrons. The maximum Gasteiger partial charge on any atom is 0.311 e. The fourth-order valence-corrected chi connectivity index (χ4v) is 2.40. The van der Waals surface area contributed by atoms with Crippen LogP contribution in [0, 0.1) is 11.7 Å². The third-order valence-corrected chi connectivity index (χ3v) is 3.46. The van der Waals surface area contributed by atoms with E-state index < -0.39 is 5.92 Å². The molecule has 2 atom stereocenters. The van der Waals surface area contributed by atoms with E-state index in [1.165, 1.54) is 12.1 Å². The predicted octanol–water partition coefficient (Wildman–Crippen LogP) is 2.00. The summed E-state index contributed by atoms with van der Waals surface area (Å²) < 4.78 is 18.2. The maximum absolute atomic E-state index is 13.0. The lowest BCUT2D eigenvalue weighted by Crippen LogP contribution is -2.43. The Kier molecular flexibility index (Phi) is 4.71. The molecule has 1 saturated heterocycles. The molecule has 1 amide bonds. The second-order valence-corrected chi connectivity index (χ2v) is 4.94. The number of ether oxygens (including phenoxy) is 1. The molecular weight excluding hydrogens is 261 g/mol. The van der Waals surface area contributed by atoms with Gasteiger partial charge in [0.05, 0.1) is 12.5 Å². The SMILES string of the molecule is CCCOC(=O)[C@H]1CNC(=O)C[C@H]1c1ccc(F)cc1. The number of piperidine rings is 1. The summed E-state index contributed by atoms with van der Waals surface area (Å²) in [6.45, 7) is 2.57. The highest BCUT2D eigenvalue weighted by atomic mass is 19.1. The summed E-state index contributed by atoms with van der Waals surface area (Å²) >= 11 is 0. The minimum atomic E-state index is -0.412. The molecular formula is C15H18FNO3. The van der Waals surface area contributed by atoms with Crippen molar-refractivity contribution in [1.29, 1.82) is 0 Å². The van der Waals surface area contributed by atoms with Crippen LogP contribution in [0.2, 0.25) is 0 Å². The van der Waals surface area contributed by atoms with Gasteiger partial charge < -0.3 is 10.1 Å². The summed E-state index contributed by atoms with van der Waals surface area (Å²) in [7, 11) is 0. The Hall–Kier alpha value is -1.91. The first kappa shape index (κ1) is 14.5. The number of nitrogens with one attached hydrogen (secondary N) is 1. The summed E-state index contributed by atoms with van der Waals surface area (Å²) in [5.74, 6) is -1.41. The van der Waals surface area contributed by atoms with Crippen LogP contribution in [0.15, 0.2) is 24.3 Å². The van der Waals surface area contributed by atoms with E-state index in [9.17, 15) is 14.0 Å². The van der Waals surface area contributed by atoms with Gasteiger partial charge in [0, 0.05) is 18.9 Å². The Morgan fingerprint density at radius 3 is 2.75 bits per heavy atom. The molecule has 1 aliphatic rings. The van der Waals surface area contributed by atoms with E-state index in [-0.39, 0.29) is 36.6 Å².